The van der Waals surface area contributed by atoms with E-state index in [1.54, 1.807) is 0 Å². The van der Waals surface area contributed by atoms with E-state index in [1.807, 2.05) is 13.2 Å². The molecule has 2 unspecified atom stereocenters. The molecule has 0 aromatic carbocycles. The Hall–Kier alpha value is -1.09. The molecule has 0 bridgehead atoms. The van der Waals surface area contributed by atoms with Crippen molar-refractivity contribution < 1.29 is 4.74 Å². The average molecular weight is 527 g/mol. The number of aromatic nitrogens is 1. The topological polar surface area (TPSA) is 53.0 Å². The SMILES string of the molecule is CN=C(NCc1ccc(N2CC(C)OC(C)C2)nc1)N1CCC2(CCCCC2)C1.I. The summed E-state index contributed by atoms with van der Waals surface area (Å²) in [4.78, 5) is 14.1. The quantitative estimate of drug-likeness (QED) is 0.366. The second-order valence-corrected chi connectivity index (χ2v) is 9.32. The third-order valence-corrected chi connectivity index (χ3v) is 6.87. The molecule has 2 saturated heterocycles. The van der Waals surface area contributed by atoms with Crippen LogP contribution in [0.5, 0.6) is 0 Å². The third-order valence-electron chi connectivity index (χ3n) is 6.87. The zero-order chi connectivity index (χ0) is 20.3. The van der Waals surface area contributed by atoms with Crippen molar-refractivity contribution in [3.05, 3.63) is 23.9 Å². The van der Waals surface area contributed by atoms with Gasteiger partial charge in [0.05, 0.1) is 12.2 Å². The normalized spacial score (nSPS) is 26.6. The maximum Gasteiger partial charge on any atom is 0.193 e. The van der Waals surface area contributed by atoms with Gasteiger partial charge in [0.25, 0.3) is 0 Å². The van der Waals surface area contributed by atoms with Gasteiger partial charge in [-0.15, -0.1) is 24.0 Å². The average Bonchev–Trinajstić information content (AvgIpc) is 3.12. The lowest BCUT2D eigenvalue weighted by Crippen LogP contribution is -2.45. The molecule has 1 spiro atoms. The maximum atomic E-state index is 5.83. The molecule has 0 amide bonds. The summed E-state index contributed by atoms with van der Waals surface area (Å²) in [6.45, 7) is 9.11. The third kappa shape index (κ3) is 5.58. The standard InChI is InChI=1S/C23H37N5O.HI/c1-18-15-28(16-19(2)29-18)21-8-7-20(13-25-21)14-26-22(24-3)27-12-11-23(17-27)9-5-4-6-10-23;/h7-8,13,18-19H,4-6,9-12,14-17H2,1-3H3,(H,24,26);1H. The molecule has 1 aromatic heterocycles. The lowest BCUT2D eigenvalue weighted by molar-refractivity contribution is -0.00545. The number of pyridine rings is 1. The Balaban J connectivity index is 0.00000256. The van der Waals surface area contributed by atoms with Gasteiger partial charge in [-0.2, -0.15) is 0 Å². The molecule has 6 nitrogen and oxygen atoms in total. The molecule has 3 aliphatic rings. The minimum Gasteiger partial charge on any atom is -0.372 e. The van der Waals surface area contributed by atoms with Crippen LogP contribution in [0.2, 0.25) is 0 Å². The Morgan fingerprint density at radius 2 is 1.90 bits per heavy atom. The first-order chi connectivity index (χ1) is 14.1. The van der Waals surface area contributed by atoms with E-state index in [1.165, 1.54) is 44.1 Å². The summed E-state index contributed by atoms with van der Waals surface area (Å²) in [5.41, 5.74) is 1.74. The highest BCUT2D eigenvalue weighted by atomic mass is 127. The lowest BCUT2D eigenvalue weighted by Gasteiger charge is -2.36. The van der Waals surface area contributed by atoms with Crippen LogP contribution < -0.4 is 10.2 Å². The molecule has 1 N–H and O–H groups in total. The molecule has 0 radical (unpaired) electrons. The predicted octanol–water partition coefficient (Wildman–Crippen LogP) is 4.04. The molecule has 3 fully saturated rings. The molecular formula is C23H38IN5O. The zero-order valence-corrected chi connectivity index (χ0v) is 21.1. The summed E-state index contributed by atoms with van der Waals surface area (Å²) in [7, 11) is 1.90. The smallest absolute Gasteiger partial charge is 0.193 e. The van der Waals surface area contributed by atoms with Gasteiger partial charge in [0.2, 0.25) is 0 Å². The molecular weight excluding hydrogens is 489 g/mol. The molecule has 3 heterocycles. The highest BCUT2D eigenvalue weighted by molar-refractivity contribution is 14.0. The largest absolute Gasteiger partial charge is 0.372 e. The number of rotatable bonds is 3. The van der Waals surface area contributed by atoms with Gasteiger partial charge in [-0.1, -0.05) is 25.3 Å². The van der Waals surface area contributed by atoms with Crippen molar-refractivity contribution >= 4 is 35.8 Å². The molecule has 4 rings (SSSR count). The number of hydrogen-bond acceptors (Lipinski definition) is 4. The maximum absolute atomic E-state index is 5.83. The molecule has 1 saturated carbocycles. The fraction of sp³-hybridized carbons (Fsp3) is 0.739. The Morgan fingerprint density at radius 1 is 1.17 bits per heavy atom. The van der Waals surface area contributed by atoms with Crippen molar-refractivity contribution in [2.75, 3.05) is 38.1 Å². The number of nitrogens with one attached hydrogen (secondary N) is 1. The highest BCUT2D eigenvalue weighted by Gasteiger charge is 2.39. The first-order valence-corrected chi connectivity index (χ1v) is 11.4. The number of halogens is 1. The lowest BCUT2D eigenvalue weighted by atomic mass is 9.73. The number of aliphatic imine (C=N–C) groups is 1. The fourth-order valence-corrected chi connectivity index (χ4v) is 5.41. The van der Waals surface area contributed by atoms with Crippen molar-refractivity contribution in [1.82, 2.24) is 15.2 Å². The van der Waals surface area contributed by atoms with Gasteiger partial charge in [-0.3, -0.25) is 4.99 Å². The van der Waals surface area contributed by atoms with Crippen LogP contribution in [0.25, 0.3) is 0 Å². The van der Waals surface area contributed by atoms with Crippen LogP contribution in [0.1, 0.15) is 57.9 Å². The minimum absolute atomic E-state index is 0. The molecule has 7 heteroatoms. The molecule has 2 atom stereocenters. The van der Waals surface area contributed by atoms with Gasteiger partial charge < -0.3 is 19.9 Å². The van der Waals surface area contributed by atoms with Gasteiger partial charge in [-0.05, 0) is 50.2 Å². The van der Waals surface area contributed by atoms with E-state index in [4.69, 9.17) is 9.72 Å². The first-order valence-electron chi connectivity index (χ1n) is 11.4. The minimum atomic E-state index is 0. The molecule has 1 aromatic rings. The number of ether oxygens (including phenoxy) is 1. The Bertz CT molecular complexity index is 694. The Labute approximate surface area is 198 Å². The van der Waals surface area contributed by atoms with E-state index in [-0.39, 0.29) is 36.2 Å². The van der Waals surface area contributed by atoms with Crippen LogP contribution >= 0.6 is 24.0 Å². The van der Waals surface area contributed by atoms with Crippen LogP contribution in [-0.2, 0) is 11.3 Å². The molecule has 2 aliphatic heterocycles. The van der Waals surface area contributed by atoms with Crippen LogP contribution in [0.3, 0.4) is 0 Å². The molecule has 1 aliphatic carbocycles. The number of anilines is 1. The van der Waals surface area contributed by atoms with Gasteiger partial charge in [-0.25, -0.2) is 4.98 Å². The molecule has 30 heavy (non-hydrogen) atoms. The second kappa shape index (κ2) is 10.5. The van der Waals surface area contributed by atoms with Crippen LogP contribution in [-0.4, -0.2) is 61.3 Å². The van der Waals surface area contributed by atoms with Crippen molar-refractivity contribution in [3.8, 4) is 0 Å². The summed E-state index contributed by atoms with van der Waals surface area (Å²) in [5, 5.41) is 3.57. The first kappa shape index (κ1) is 23.6. The Morgan fingerprint density at radius 3 is 2.53 bits per heavy atom. The summed E-state index contributed by atoms with van der Waals surface area (Å²) in [5.74, 6) is 2.08. The van der Waals surface area contributed by atoms with E-state index in [0.29, 0.717) is 5.41 Å². The Kier molecular flexibility index (Phi) is 8.24. The second-order valence-electron chi connectivity index (χ2n) is 9.32. The van der Waals surface area contributed by atoms with Crippen LogP contribution in [0.4, 0.5) is 5.82 Å². The summed E-state index contributed by atoms with van der Waals surface area (Å²) in [6, 6.07) is 4.32. The van der Waals surface area contributed by atoms with Gasteiger partial charge in [0.1, 0.15) is 5.82 Å². The number of guanidine groups is 1. The van der Waals surface area contributed by atoms with Gasteiger partial charge in [0, 0.05) is 46.0 Å². The highest BCUT2D eigenvalue weighted by Crippen LogP contribution is 2.43. The van der Waals surface area contributed by atoms with E-state index in [2.05, 4.69) is 46.1 Å². The zero-order valence-electron chi connectivity index (χ0n) is 18.8. The van der Waals surface area contributed by atoms with Crippen molar-refractivity contribution in [2.24, 2.45) is 10.4 Å². The van der Waals surface area contributed by atoms with E-state index >= 15 is 0 Å². The van der Waals surface area contributed by atoms with Crippen molar-refractivity contribution in [3.63, 3.8) is 0 Å². The number of morpholine rings is 1. The summed E-state index contributed by atoms with van der Waals surface area (Å²) in [6.07, 6.45) is 10.8. The van der Waals surface area contributed by atoms with E-state index in [9.17, 15) is 0 Å². The number of likely N-dealkylation sites (tertiary alicyclic amines) is 1. The van der Waals surface area contributed by atoms with Crippen molar-refractivity contribution in [1.29, 1.82) is 0 Å². The van der Waals surface area contributed by atoms with Gasteiger partial charge in [0.15, 0.2) is 5.96 Å². The van der Waals surface area contributed by atoms with Crippen molar-refractivity contribution in [2.45, 2.75) is 71.1 Å². The van der Waals surface area contributed by atoms with Gasteiger partial charge >= 0.3 is 0 Å². The van der Waals surface area contributed by atoms with Crippen LogP contribution in [0, 0.1) is 5.41 Å². The number of nitrogens with zero attached hydrogens (tertiary/aromatic N) is 4. The predicted molar refractivity (Wildman–Crippen MR) is 134 cm³/mol. The monoisotopic (exact) mass is 527 g/mol. The summed E-state index contributed by atoms with van der Waals surface area (Å²) < 4.78 is 5.83. The fourth-order valence-electron chi connectivity index (χ4n) is 5.41. The number of hydrogen-bond donors (Lipinski definition) is 1. The van der Waals surface area contributed by atoms with E-state index < -0.39 is 0 Å². The molecule has 168 valence electrons. The van der Waals surface area contributed by atoms with Crippen LogP contribution in [0.15, 0.2) is 23.3 Å². The summed E-state index contributed by atoms with van der Waals surface area (Å²) >= 11 is 0. The van der Waals surface area contributed by atoms with E-state index in [0.717, 1.165) is 44.5 Å².